The van der Waals surface area contributed by atoms with Gasteiger partial charge in [-0.15, -0.1) is 0 Å². The monoisotopic (exact) mass is 403 g/mol. The van der Waals surface area contributed by atoms with Crippen LogP contribution < -0.4 is 15.4 Å². The van der Waals surface area contributed by atoms with Crippen molar-refractivity contribution < 1.29 is 8.42 Å². The van der Waals surface area contributed by atoms with Gasteiger partial charge in [-0.1, -0.05) is 30.3 Å². The lowest BCUT2D eigenvalue weighted by Gasteiger charge is -2.18. The third-order valence-electron chi connectivity index (χ3n) is 4.05. The molecule has 1 atom stereocenters. The minimum absolute atomic E-state index is 0.151. The molecule has 0 radical (unpaired) electrons. The largest absolute Gasteiger partial charge is 0.357 e. The molecule has 0 aliphatic heterocycles. The van der Waals surface area contributed by atoms with Crippen LogP contribution in [0.25, 0.3) is 0 Å². The molecule has 0 saturated carbocycles. The van der Waals surface area contributed by atoms with Crippen LogP contribution in [0.2, 0.25) is 0 Å². The molecule has 2 rings (SSSR count). The quantitative estimate of drug-likeness (QED) is 0.320. The number of aryl methyl sites for hydroxylation is 1. The molecule has 28 heavy (non-hydrogen) atoms. The van der Waals surface area contributed by atoms with Gasteiger partial charge in [0.05, 0.1) is 6.54 Å². The average Bonchev–Trinajstić information content (AvgIpc) is 2.71. The van der Waals surface area contributed by atoms with Crippen LogP contribution in [0.4, 0.5) is 0 Å². The molecule has 0 bridgehead atoms. The maximum atomic E-state index is 12.2. The van der Waals surface area contributed by atoms with Crippen LogP contribution in [-0.2, 0) is 16.4 Å². The van der Waals surface area contributed by atoms with Crippen molar-refractivity contribution in [2.75, 3.05) is 19.6 Å². The van der Waals surface area contributed by atoms with E-state index in [9.17, 15) is 8.42 Å². The van der Waals surface area contributed by atoms with Crippen LogP contribution in [0.1, 0.15) is 25.8 Å². The Balaban J connectivity index is 1.81. The number of hydrogen-bond donors (Lipinski definition) is 3. The van der Waals surface area contributed by atoms with Crippen molar-refractivity contribution >= 4 is 16.0 Å². The summed E-state index contributed by atoms with van der Waals surface area (Å²) in [5.41, 5.74) is 1.31. The summed E-state index contributed by atoms with van der Waals surface area (Å²) >= 11 is 0. The number of pyridine rings is 1. The molecule has 1 aromatic carbocycles. The first-order valence-electron chi connectivity index (χ1n) is 9.49. The number of nitrogens with zero attached hydrogens (tertiary/aromatic N) is 2. The molecule has 3 N–H and O–H groups in total. The van der Waals surface area contributed by atoms with Gasteiger partial charge >= 0.3 is 0 Å². The van der Waals surface area contributed by atoms with E-state index < -0.39 is 10.0 Å². The number of rotatable bonds is 10. The third kappa shape index (κ3) is 7.66. The van der Waals surface area contributed by atoms with Crippen LogP contribution in [0.3, 0.4) is 0 Å². The molecule has 0 fully saturated rings. The fraction of sp³-hybridized carbons (Fsp3) is 0.400. The Hall–Kier alpha value is -2.45. The average molecular weight is 404 g/mol. The zero-order valence-corrected chi connectivity index (χ0v) is 17.2. The Morgan fingerprint density at radius 3 is 2.64 bits per heavy atom. The topological polar surface area (TPSA) is 95.5 Å². The van der Waals surface area contributed by atoms with E-state index >= 15 is 0 Å². The summed E-state index contributed by atoms with van der Waals surface area (Å²) in [7, 11) is -3.56. The molecular formula is C20H29N5O2S. The van der Waals surface area contributed by atoms with Crippen LogP contribution >= 0.6 is 0 Å². The number of nitrogens with one attached hydrogen (secondary N) is 3. The van der Waals surface area contributed by atoms with Gasteiger partial charge < -0.3 is 10.6 Å². The lowest BCUT2D eigenvalue weighted by molar-refractivity contribution is 0.580. The number of hydrogen-bond acceptors (Lipinski definition) is 4. The normalized spacial score (nSPS) is 13.1. The van der Waals surface area contributed by atoms with Crippen molar-refractivity contribution in [3.63, 3.8) is 0 Å². The van der Waals surface area contributed by atoms with Crippen LogP contribution in [0.15, 0.2) is 64.7 Å². The van der Waals surface area contributed by atoms with Crippen molar-refractivity contribution in [2.24, 2.45) is 4.99 Å². The second kappa shape index (κ2) is 11.4. The molecule has 7 nitrogen and oxygen atoms in total. The Labute approximate surface area is 167 Å². The Morgan fingerprint density at radius 2 is 1.96 bits per heavy atom. The predicted molar refractivity (Wildman–Crippen MR) is 113 cm³/mol. The number of sulfonamides is 1. The summed E-state index contributed by atoms with van der Waals surface area (Å²) in [4.78, 5) is 8.45. The summed E-state index contributed by atoms with van der Waals surface area (Å²) < 4.78 is 26.9. The number of aliphatic imine (C=N–C) groups is 1. The predicted octanol–water partition coefficient (Wildman–Crippen LogP) is 1.94. The van der Waals surface area contributed by atoms with E-state index in [-0.39, 0.29) is 17.5 Å². The zero-order chi connectivity index (χ0) is 20.2. The lowest BCUT2D eigenvalue weighted by Crippen LogP contribution is -2.42. The van der Waals surface area contributed by atoms with Crippen molar-refractivity contribution in [1.82, 2.24) is 20.3 Å². The smallest absolute Gasteiger partial charge is 0.242 e. The first-order valence-corrected chi connectivity index (χ1v) is 11.0. The first kappa shape index (κ1) is 21.8. The van der Waals surface area contributed by atoms with Gasteiger partial charge in [-0.25, -0.2) is 13.1 Å². The van der Waals surface area contributed by atoms with E-state index in [4.69, 9.17) is 0 Å². The highest BCUT2D eigenvalue weighted by atomic mass is 32.2. The molecule has 1 unspecified atom stereocenters. The van der Waals surface area contributed by atoms with Crippen LogP contribution in [-0.4, -0.2) is 45.0 Å². The van der Waals surface area contributed by atoms with E-state index in [1.165, 1.54) is 24.0 Å². The molecule has 8 heteroatoms. The van der Waals surface area contributed by atoms with E-state index in [0.717, 1.165) is 19.4 Å². The van der Waals surface area contributed by atoms with Crippen molar-refractivity contribution in [3.05, 3.63) is 60.4 Å². The van der Waals surface area contributed by atoms with Crippen LogP contribution in [0.5, 0.6) is 0 Å². The molecule has 0 spiro atoms. The first-order chi connectivity index (χ1) is 13.5. The molecular weight excluding hydrogens is 374 g/mol. The van der Waals surface area contributed by atoms with E-state index in [0.29, 0.717) is 12.5 Å². The van der Waals surface area contributed by atoms with Gasteiger partial charge in [0.1, 0.15) is 4.90 Å². The Bertz CT molecular complexity index is 826. The van der Waals surface area contributed by atoms with Crippen LogP contribution in [0, 0.1) is 0 Å². The summed E-state index contributed by atoms with van der Waals surface area (Å²) in [6.07, 6.45) is 4.82. The molecule has 152 valence electrons. The standard InChI is InChI=1S/C20H29N5O2S/c1-3-22-20(25-17(2)11-12-18-8-5-4-6-9-18)23-14-15-24-28(26,27)19-10-7-13-21-16-19/h4-10,13,16-17,24H,3,11-12,14-15H2,1-2H3,(H2,22,23,25). The SMILES string of the molecule is CCNC(=NCCNS(=O)(=O)c1cccnc1)NC(C)CCc1ccccc1. The molecule has 1 aromatic heterocycles. The van der Waals surface area contributed by atoms with Gasteiger partial charge in [-0.2, -0.15) is 0 Å². The number of aromatic nitrogens is 1. The molecule has 0 amide bonds. The van der Waals surface area contributed by atoms with Gasteiger partial charge in [0, 0.05) is 31.5 Å². The minimum atomic E-state index is -3.56. The maximum Gasteiger partial charge on any atom is 0.242 e. The molecule has 0 saturated heterocycles. The second-order valence-electron chi connectivity index (χ2n) is 6.42. The summed E-state index contributed by atoms with van der Waals surface area (Å²) in [6, 6.07) is 13.7. The second-order valence-corrected chi connectivity index (χ2v) is 8.18. The van der Waals surface area contributed by atoms with Crippen molar-refractivity contribution in [1.29, 1.82) is 0 Å². The van der Waals surface area contributed by atoms with Gasteiger partial charge in [-0.05, 0) is 44.4 Å². The minimum Gasteiger partial charge on any atom is -0.357 e. The summed E-state index contributed by atoms with van der Waals surface area (Å²) in [6.45, 7) is 5.39. The molecule has 0 aliphatic rings. The van der Waals surface area contributed by atoms with Gasteiger partial charge in [0.25, 0.3) is 0 Å². The fourth-order valence-corrected chi connectivity index (χ4v) is 3.57. The summed E-state index contributed by atoms with van der Waals surface area (Å²) in [5, 5.41) is 6.56. The molecule has 1 heterocycles. The zero-order valence-electron chi connectivity index (χ0n) is 16.4. The third-order valence-corrected chi connectivity index (χ3v) is 5.50. The number of benzene rings is 1. The van der Waals surface area contributed by atoms with E-state index in [1.807, 2.05) is 25.1 Å². The maximum absolute atomic E-state index is 12.2. The Kier molecular flexibility index (Phi) is 8.90. The highest BCUT2D eigenvalue weighted by Gasteiger charge is 2.12. The van der Waals surface area contributed by atoms with Crippen molar-refractivity contribution in [3.8, 4) is 0 Å². The summed E-state index contributed by atoms with van der Waals surface area (Å²) in [5.74, 6) is 0.684. The highest BCUT2D eigenvalue weighted by molar-refractivity contribution is 7.89. The van der Waals surface area contributed by atoms with Crippen molar-refractivity contribution in [2.45, 2.75) is 37.6 Å². The Morgan fingerprint density at radius 1 is 1.18 bits per heavy atom. The fourth-order valence-electron chi connectivity index (χ4n) is 2.59. The lowest BCUT2D eigenvalue weighted by atomic mass is 10.1. The molecule has 0 aliphatic carbocycles. The van der Waals surface area contributed by atoms with E-state index in [2.05, 4.69) is 44.4 Å². The van der Waals surface area contributed by atoms with Gasteiger partial charge in [0.2, 0.25) is 10.0 Å². The van der Waals surface area contributed by atoms with E-state index in [1.54, 1.807) is 6.07 Å². The highest BCUT2D eigenvalue weighted by Crippen LogP contribution is 2.05. The van der Waals surface area contributed by atoms with Gasteiger partial charge in [0.15, 0.2) is 5.96 Å². The number of guanidine groups is 1. The molecule has 2 aromatic rings. The van der Waals surface area contributed by atoms with Gasteiger partial charge in [-0.3, -0.25) is 9.98 Å².